The minimum Gasteiger partial charge on any atom is -0.463 e. The summed E-state index contributed by atoms with van der Waals surface area (Å²) in [7, 11) is 0. The predicted octanol–water partition coefficient (Wildman–Crippen LogP) is 0.741. The predicted molar refractivity (Wildman–Crippen MR) is 73.1 cm³/mol. The molecule has 0 spiro atoms. The van der Waals surface area contributed by atoms with Gasteiger partial charge in [-0.3, -0.25) is 0 Å². The quantitative estimate of drug-likeness (QED) is 0.765. The highest BCUT2D eigenvalue weighted by Crippen LogP contribution is 1.92. The van der Waals surface area contributed by atoms with Crippen molar-refractivity contribution < 1.29 is 9.47 Å². The average molecular weight is 256 g/mol. The van der Waals surface area contributed by atoms with Crippen molar-refractivity contribution in [3.8, 4) is 0 Å². The Morgan fingerprint density at radius 2 is 1.22 bits per heavy atom. The lowest BCUT2D eigenvalue weighted by molar-refractivity contribution is 0.327. The smallest absolute Gasteiger partial charge is 0.284 e. The maximum absolute atomic E-state index is 5.10. The molecular formula is C12H24N4O2. The summed E-state index contributed by atoms with van der Waals surface area (Å²) in [6.07, 6.45) is 0. The molecule has 104 valence electrons. The SMILES string of the molecule is CC(C)NC1=NCCO1.CC(C)NC1=NCCO1. The van der Waals surface area contributed by atoms with Crippen LogP contribution in [0.2, 0.25) is 0 Å². The lowest BCUT2D eigenvalue weighted by Gasteiger charge is -2.07. The molecule has 6 heteroatoms. The highest BCUT2D eigenvalue weighted by atomic mass is 16.5. The minimum absolute atomic E-state index is 0.418. The average Bonchev–Trinajstić information content (AvgIpc) is 2.90. The highest BCUT2D eigenvalue weighted by Gasteiger charge is 2.07. The van der Waals surface area contributed by atoms with Gasteiger partial charge in [0, 0.05) is 12.1 Å². The van der Waals surface area contributed by atoms with Crippen molar-refractivity contribution in [1.82, 2.24) is 10.6 Å². The Hall–Kier alpha value is -1.46. The van der Waals surface area contributed by atoms with Gasteiger partial charge in [0.25, 0.3) is 12.0 Å². The summed E-state index contributed by atoms with van der Waals surface area (Å²) in [4.78, 5) is 8.12. The van der Waals surface area contributed by atoms with E-state index in [-0.39, 0.29) is 0 Å². The molecule has 0 atom stereocenters. The maximum Gasteiger partial charge on any atom is 0.284 e. The standard InChI is InChI=1S/2C6H12N2O/c2*1-5(2)8-6-7-3-4-9-6/h2*5H,3-4H2,1-2H3,(H,7,8). The molecule has 0 fully saturated rings. The third-order valence-corrected chi connectivity index (χ3v) is 2.00. The fourth-order valence-corrected chi connectivity index (χ4v) is 1.34. The van der Waals surface area contributed by atoms with Crippen molar-refractivity contribution in [1.29, 1.82) is 0 Å². The van der Waals surface area contributed by atoms with Crippen LogP contribution in [0, 0.1) is 0 Å². The molecule has 2 N–H and O–H groups in total. The first-order valence-corrected chi connectivity index (χ1v) is 6.45. The lowest BCUT2D eigenvalue weighted by Crippen LogP contribution is -2.30. The molecule has 2 rings (SSSR count). The van der Waals surface area contributed by atoms with Gasteiger partial charge in [-0.15, -0.1) is 0 Å². The van der Waals surface area contributed by atoms with Crippen LogP contribution in [-0.2, 0) is 9.47 Å². The van der Waals surface area contributed by atoms with Crippen LogP contribution in [-0.4, -0.2) is 50.4 Å². The van der Waals surface area contributed by atoms with E-state index in [4.69, 9.17) is 9.47 Å². The first-order valence-electron chi connectivity index (χ1n) is 6.45. The van der Waals surface area contributed by atoms with E-state index in [0.29, 0.717) is 24.1 Å². The van der Waals surface area contributed by atoms with E-state index in [2.05, 4.69) is 48.3 Å². The second kappa shape index (κ2) is 7.79. The van der Waals surface area contributed by atoms with Crippen molar-refractivity contribution in [2.24, 2.45) is 9.98 Å². The zero-order valence-electron chi connectivity index (χ0n) is 11.7. The van der Waals surface area contributed by atoms with Gasteiger partial charge in [-0.05, 0) is 27.7 Å². The molecule has 0 aromatic rings. The van der Waals surface area contributed by atoms with Crippen molar-refractivity contribution in [3.63, 3.8) is 0 Å². The number of nitrogens with one attached hydrogen (secondary N) is 2. The first-order chi connectivity index (χ1) is 8.58. The summed E-state index contributed by atoms with van der Waals surface area (Å²) in [6, 6.07) is 2.23. The highest BCUT2D eigenvalue weighted by molar-refractivity contribution is 5.75. The normalized spacial score (nSPS) is 17.4. The molecule has 0 unspecified atom stereocenters. The second-order valence-electron chi connectivity index (χ2n) is 4.67. The van der Waals surface area contributed by atoms with Gasteiger partial charge < -0.3 is 20.1 Å². The molecule has 0 saturated carbocycles. The van der Waals surface area contributed by atoms with Crippen LogP contribution in [0.15, 0.2) is 9.98 Å². The van der Waals surface area contributed by atoms with Crippen LogP contribution >= 0.6 is 0 Å². The molecule has 2 aliphatic rings. The fourth-order valence-electron chi connectivity index (χ4n) is 1.34. The van der Waals surface area contributed by atoms with Crippen LogP contribution < -0.4 is 10.6 Å². The summed E-state index contributed by atoms with van der Waals surface area (Å²) < 4.78 is 10.2. The topological polar surface area (TPSA) is 67.2 Å². The summed E-state index contributed by atoms with van der Waals surface area (Å²) in [5.74, 6) is 0. The Balaban J connectivity index is 0.000000180. The van der Waals surface area contributed by atoms with Crippen LogP contribution in [0.1, 0.15) is 27.7 Å². The van der Waals surface area contributed by atoms with Crippen molar-refractivity contribution in [2.75, 3.05) is 26.3 Å². The number of amidine groups is 2. The minimum atomic E-state index is 0.418. The van der Waals surface area contributed by atoms with Gasteiger partial charge in [0.05, 0.1) is 13.1 Å². The van der Waals surface area contributed by atoms with Crippen LogP contribution in [0.3, 0.4) is 0 Å². The van der Waals surface area contributed by atoms with Crippen molar-refractivity contribution in [3.05, 3.63) is 0 Å². The fraction of sp³-hybridized carbons (Fsp3) is 0.833. The van der Waals surface area contributed by atoms with Gasteiger partial charge in [0.2, 0.25) is 0 Å². The maximum atomic E-state index is 5.10. The number of nitrogens with zero attached hydrogens (tertiary/aromatic N) is 2. The first kappa shape index (κ1) is 14.6. The molecule has 0 aromatic heterocycles. The van der Waals surface area contributed by atoms with Gasteiger partial charge in [0.1, 0.15) is 13.2 Å². The summed E-state index contributed by atoms with van der Waals surface area (Å²) >= 11 is 0. The molecule has 18 heavy (non-hydrogen) atoms. The molecule has 0 amide bonds. The third-order valence-electron chi connectivity index (χ3n) is 2.00. The number of hydrogen-bond acceptors (Lipinski definition) is 6. The molecule has 2 heterocycles. The van der Waals surface area contributed by atoms with Crippen LogP contribution in [0.5, 0.6) is 0 Å². The lowest BCUT2D eigenvalue weighted by atomic mass is 10.4. The van der Waals surface area contributed by atoms with Gasteiger partial charge in [-0.25, -0.2) is 9.98 Å². The van der Waals surface area contributed by atoms with E-state index < -0.39 is 0 Å². The van der Waals surface area contributed by atoms with Crippen LogP contribution in [0.25, 0.3) is 0 Å². The Morgan fingerprint density at radius 3 is 1.44 bits per heavy atom. The molecule has 0 saturated heterocycles. The van der Waals surface area contributed by atoms with Gasteiger partial charge in [-0.1, -0.05) is 0 Å². The van der Waals surface area contributed by atoms with Crippen molar-refractivity contribution in [2.45, 2.75) is 39.8 Å². The van der Waals surface area contributed by atoms with E-state index in [1.165, 1.54) is 0 Å². The Bertz CT molecular complexity index is 270. The molecule has 0 bridgehead atoms. The Kier molecular flexibility index (Phi) is 6.32. The molecular weight excluding hydrogens is 232 g/mol. The number of rotatable bonds is 2. The van der Waals surface area contributed by atoms with E-state index >= 15 is 0 Å². The summed E-state index contributed by atoms with van der Waals surface area (Å²) in [5.41, 5.74) is 0. The number of aliphatic imine (C=N–C) groups is 2. The Morgan fingerprint density at radius 1 is 0.833 bits per heavy atom. The largest absolute Gasteiger partial charge is 0.463 e. The van der Waals surface area contributed by atoms with E-state index in [1.54, 1.807) is 0 Å². The van der Waals surface area contributed by atoms with Gasteiger partial charge >= 0.3 is 0 Å². The Labute approximate surface area is 109 Å². The number of hydrogen-bond donors (Lipinski definition) is 2. The van der Waals surface area contributed by atoms with Gasteiger partial charge in [-0.2, -0.15) is 0 Å². The van der Waals surface area contributed by atoms with Crippen molar-refractivity contribution >= 4 is 12.0 Å². The zero-order valence-corrected chi connectivity index (χ0v) is 11.7. The summed E-state index contributed by atoms with van der Waals surface area (Å²) in [6.45, 7) is 11.3. The second-order valence-corrected chi connectivity index (χ2v) is 4.67. The number of ether oxygens (including phenoxy) is 2. The van der Waals surface area contributed by atoms with E-state index in [0.717, 1.165) is 26.3 Å². The molecule has 0 aromatic carbocycles. The molecule has 6 nitrogen and oxygen atoms in total. The monoisotopic (exact) mass is 256 g/mol. The van der Waals surface area contributed by atoms with E-state index in [1.807, 2.05) is 0 Å². The molecule has 2 aliphatic heterocycles. The summed E-state index contributed by atoms with van der Waals surface area (Å²) in [5, 5.41) is 6.14. The van der Waals surface area contributed by atoms with E-state index in [9.17, 15) is 0 Å². The molecule has 0 radical (unpaired) electrons. The van der Waals surface area contributed by atoms with Crippen LogP contribution in [0.4, 0.5) is 0 Å². The zero-order chi connectivity index (χ0) is 13.4. The third kappa shape index (κ3) is 6.32. The molecule has 0 aliphatic carbocycles. The van der Waals surface area contributed by atoms with Gasteiger partial charge in [0.15, 0.2) is 0 Å².